The van der Waals surface area contributed by atoms with Gasteiger partial charge in [-0.3, -0.25) is 4.79 Å². The highest BCUT2D eigenvalue weighted by molar-refractivity contribution is 5.76. The van der Waals surface area contributed by atoms with Crippen molar-refractivity contribution in [1.82, 2.24) is 10.5 Å². The van der Waals surface area contributed by atoms with Crippen LogP contribution in [0.1, 0.15) is 19.1 Å². The lowest BCUT2D eigenvalue weighted by Crippen LogP contribution is -2.29. The molecule has 5 nitrogen and oxygen atoms in total. The van der Waals surface area contributed by atoms with Gasteiger partial charge in [0.05, 0.1) is 12.7 Å². The third kappa shape index (κ3) is 3.71. The topological polar surface area (TPSA) is 81.2 Å². The molecule has 0 aliphatic rings. The summed E-state index contributed by atoms with van der Waals surface area (Å²) in [6, 6.07) is 1.58. The molecule has 1 atom stereocenters. The van der Waals surface area contributed by atoms with Gasteiger partial charge in [-0.15, -0.1) is 0 Å². The second-order valence-corrected chi connectivity index (χ2v) is 2.94. The van der Waals surface area contributed by atoms with E-state index in [0.717, 1.165) is 0 Å². The maximum Gasteiger partial charge on any atom is 0.221 e. The average molecular weight is 183 g/mol. The Morgan fingerprint density at radius 2 is 2.62 bits per heavy atom. The standard InChI is InChI=1S/C8H13N3O2/c1-6(9)4-8(12)10-5-7-2-3-11-13-7/h2-3,6H,4-5,9H2,1H3,(H,10,12). The van der Waals surface area contributed by atoms with E-state index < -0.39 is 0 Å². The molecule has 1 aromatic heterocycles. The van der Waals surface area contributed by atoms with Crippen molar-refractivity contribution in [3.63, 3.8) is 0 Å². The molecule has 0 bridgehead atoms. The first-order valence-electron chi connectivity index (χ1n) is 4.10. The Hall–Kier alpha value is -1.36. The molecular weight excluding hydrogens is 170 g/mol. The van der Waals surface area contributed by atoms with Crippen LogP contribution in [0.15, 0.2) is 16.8 Å². The number of nitrogens with zero attached hydrogens (tertiary/aromatic N) is 1. The van der Waals surface area contributed by atoms with Crippen LogP contribution in [0.2, 0.25) is 0 Å². The fourth-order valence-electron chi connectivity index (χ4n) is 0.884. The van der Waals surface area contributed by atoms with Crippen molar-refractivity contribution in [1.29, 1.82) is 0 Å². The van der Waals surface area contributed by atoms with E-state index in [1.807, 2.05) is 0 Å². The highest BCUT2D eigenvalue weighted by Gasteiger charge is 2.05. The molecule has 5 heteroatoms. The molecule has 3 N–H and O–H groups in total. The fraction of sp³-hybridized carbons (Fsp3) is 0.500. The van der Waals surface area contributed by atoms with Crippen molar-refractivity contribution >= 4 is 5.91 Å². The summed E-state index contributed by atoms with van der Waals surface area (Å²) in [6.45, 7) is 2.15. The van der Waals surface area contributed by atoms with Gasteiger partial charge in [0.2, 0.25) is 5.91 Å². The van der Waals surface area contributed by atoms with Crippen LogP contribution in [0.25, 0.3) is 0 Å². The Kier molecular flexibility index (Phi) is 3.45. The summed E-state index contributed by atoms with van der Waals surface area (Å²) in [7, 11) is 0. The van der Waals surface area contributed by atoms with E-state index in [9.17, 15) is 4.79 Å². The minimum absolute atomic E-state index is 0.0774. The van der Waals surface area contributed by atoms with Crippen LogP contribution < -0.4 is 11.1 Å². The molecule has 0 saturated heterocycles. The van der Waals surface area contributed by atoms with Crippen LogP contribution in [-0.2, 0) is 11.3 Å². The molecule has 0 radical (unpaired) electrons. The molecule has 72 valence electrons. The monoisotopic (exact) mass is 183 g/mol. The van der Waals surface area contributed by atoms with E-state index in [2.05, 4.69) is 10.5 Å². The number of hydrogen-bond donors (Lipinski definition) is 2. The van der Waals surface area contributed by atoms with Crippen LogP contribution >= 0.6 is 0 Å². The van der Waals surface area contributed by atoms with E-state index in [4.69, 9.17) is 10.3 Å². The van der Waals surface area contributed by atoms with E-state index in [1.54, 1.807) is 13.0 Å². The van der Waals surface area contributed by atoms with Gasteiger partial charge in [-0.1, -0.05) is 5.16 Å². The Morgan fingerprint density at radius 3 is 3.15 bits per heavy atom. The third-order valence-corrected chi connectivity index (χ3v) is 1.46. The van der Waals surface area contributed by atoms with Crippen LogP contribution in [0.5, 0.6) is 0 Å². The molecule has 1 rings (SSSR count). The second-order valence-electron chi connectivity index (χ2n) is 2.94. The van der Waals surface area contributed by atoms with Crippen LogP contribution in [0.3, 0.4) is 0 Å². The fourth-order valence-corrected chi connectivity index (χ4v) is 0.884. The average Bonchev–Trinajstić information content (AvgIpc) is 2.51. The Labute approximate surface area is 76.3 Å². The molecule has 0 aliphatic carbocycles. The minimum Gasteiger partial charge on any atom is -0.360 e. The number of carbonyl (C=O) groups is 1. The van der Waals surface area contributed by atoms with Crippen LogP contribution in [0, 0.1) is 0 Å². The number of nitrogens with one attached hydrogen (secondary N) is 1. The van der Waals surface area contributed by atoms with Crippen molar-refractivity contribution in [3.8, 4) is 0 Å². The molecule has 0 fully saturated rings. The number of nitrogens with two attached hydrogens (primary N) is 1. The number of aromatic nitrogens is 1. The quantitative estimate of drug-likeness (QED) is 0.690. The zero-order chi connectivity index (χ0) is 9.68. The molecular formula is C8H13N3O2. The highest BCUT2D eigenvalue weighted by atomic mass is 16.5. The first kappa shape index (κ1) is 9.73. The highest BCUT2D eigenvalue weighted by Crippen LogP contribution is 1.95. The summed E-state index contributed by atoms with van der Waals surface area (Å²) in [6.07, 6.45) is 1.86. The molecule has 1 unspecified atom stereocenters. The van der Waals surface area contributed by atoms with Crippen LogP contribution in [0.4, 0.5) is 0 Å². The second kappa shape index (κ2) is 4.61. The molecule has 0 aliphatic heterocycles. The summed E-state index contributed by atoms with van der Waals surface area (Å²) in [5.74, 6) is 0.560. The van der Waals surface area contributed by atoms with Gasteiger partial charge >= 0.3 is 0 Å². The summed E-state index contributed by atoms with van der Waals surface area (Å²) in [5, 5.41) is 6.17. The van der Waals surface area contributed by atoms with Gasteiger partial charge in [0, 0.05) is 18.5 Å². The van der Waals surface area contributed by atoms with E-state index in [0.29, 0.717) is 18.7 Å². The SMILES string of the molecule is CC(N)CC(=O)NCc1ccno1. The van der Waals surface area contributed by atoms with Crippen molar-refractivity contribution in [2.75, 3.05) is 0 Å². The lowest BCUT2D eigenvalue weighted by Gasteiger charge is -2.04. The lowest BCUT2D eigenvalue weighted by atomic mass is 10.2. The number of rotatable bonds is 4. The van der Waals surface area contributed by atoms with Crippen molar-refractivity contribution in [3.05, 3.63) is 18.0 Å². The Balaban J connectivity index is 2.23. The van der Waals surface area contributed by atoms with Gasteiger partial charge in [0.25, 0.3) is 0 Å². The predicted octanol–water partition coefficient (Wildman–Crippen LogP) is 0.0281. The number of amides is 1. The summed E-state index contributed by atoms with van der Waals surface area (Å²) in [5.41, 5.74) is 5.45. The van der Waals surface area contributed by atoms with Gasteiger partial charge < -0.3 is 15.6 Å². The van der Waals surface area contributed by atoms with Crippen molar-refractivity contribution in [2.45, 2.75) is 25.9 Å². The first-order chi connectivity index (χ1) is 6.18. The maximum atomic E-state index is 11.1. The van der Waals surface area contributed by atoms with Gasteiger partial charge in [-0.05, 0) is 6.92 Å². The molecule has 1 amide bonds. The lowest BCUT2D eigenvalue weighted by molar-refractivity contribution is -0.121. The molecule has 13 heavy (non-hydrogen) atoms. The third-order valence-electron chi connectivity index (χ3n) is 1.46. The largest absolute Gasteiger partial charge is 0.360 e. The first-order valence-corrected chi connectivity index (χ1v) is 4.10. The van der Waals surface area contributed by atoms with Crippen molar-refractivity contribution in [2.24, 2.45) is 5.73 Å². The number of hydrogen-bond acceptors (Lipinski definition) is 4. The minimum atomic E-state index is -0.116. The normalized spacial score (nSPS) is 12.5. The summed E-state index contributed by atoms with van der Waals surface area (Å²) < 4.78 is 4.79. The maximum absolute atomic E-state index is 11.1. The Morgan fingerprint density at radius 1 is 1.85 bits per heavy atom. The number of carbonyl (C=O) groups excluding carboxylic acids is 1. The van der Waals surface area contributed by atoms with Crippen LogP contribution in [-0.4, -0.2) is 17.1 Å². The summed E-state index contributed by atoms with van der Waals surface area (Å²) in [4.78, 5) is 11.1. The molecule has 1 heterocycles. The Bertz CT molecular complexity index is 256. The van der Waals surface area contributed by atoms with E-state index >= 15 is 0 Å². The smallest absolute Gasteiger partial charge is 0.221 e. The van der Waals surface area contributed by atoms with E-state index in [-0.39, 0.29) is 11.9 Å². The zero-order valence-electron chi connectivity index (χ0n) is 7.49. The van der Waals surface area contributed by atoms with Gasteiger partial charge in [-0.25, -0.2) is 0 Å². The molecule has 1 aromatic rings. The molecule has 0 aromatic carbocycles. The molecule has 0 saturated carbocycles. The summed E-state index contributed by atoms with van der Waals surface area (Å²) >= 11 is 0. The van der Waals surface area contributed by atoms with Gasteiger partial charge in [-0.2, -0.15) is 0 Å². The van der Waals surface area contributed by atoms with Gasteiger partial charge in [0.15, 0.2) is 5.76 Å². The van der Waals surface area contributed by atoms with Gasteiger partial charge in [0.1, 0.15) is 0 Å². The predicted molar refractivity (Wildman–Crippen MR) is 46.6 cm³/mol. The van der Waals surface area contributed by atoms with E-state index in [1.165, 1.54) is 6.20 Å². The molecule has 0 spiro atoms. The zero-order valence-corrected chi connectivity index (χ0v) is 7.49. The van der Waals surface area contributed by atoms with Crippen molar-refractivity contribution < 1.29 is 9.32 Å².